The number of aryl methyl sites for hydroxylation is 2. The van der Waals surface area contributed by atoms with Gasteiger partial charge in [0.2, 0.25) is 0 Å². The zero-order valence-corrected chi connectivity index (χ0v) is 14.9. The molecule has 0 bridgehead atoms. The van der Waals surface area contributed by atoms with Crippen molar-refractivity contribution in [1.82, 2.24) is 9.97 Å². The van der Waals surface area contributed by atoms with Crippen molar-refractivity contribution in [3.63, 3.8) is 0 Å². The molecule has 25 heavy (non-hydrogen) atoms. The van der Waals surface area contributed by atoms with E-state index in [1.165, 1.54) is 24.1 Å². The van der Waals surface area contributed by atoms with Crippen molar-refractivity contribution in [2.75, 3.05) is 5.32 Å². The minimum Gasteiger partial charge on any atom is -0.476 e. The van der Waals surface area contributed by atoms with Gasteiger partial charge in [-0.3, -0.25) is 0 Å². The predicted octanol–water partition coefficient (Wildman–Crippen LogP) is 3.96. The highest BCUT2D eigenvalue weighted by Crippen LogP contribution is 2.26. The molecule has 5 heteroatoms. The first-order valence-electron chi connectivity index (χ1n) is 8.95. The van der Waals surface area contributed by atoms with Crippen molar-refractivity contribution in [2.24, 2.45) is 0 Å². The van der Waals surface area contributed by atoms with Crippen LogP contribution in [0.5, 0.6) is 5.75 Å². The summed E-state index contributed by atoms with van der Waals surface area (Å²) in [6, 6.07) is 10.0. The lowest BCUT2D eigenvalue weighted by Crippen LogP contribution is -2.14. The second-order valence-electron chi connectivity index (χ2n) is 6.40. The Morgan fingerprint density at radius 3 is 2.92 bits per heavy atom. The highest BCUT2D eigenvalue weighted by Gasteiger charge is 2.16. The van der Waals surface area contributed by atoms with Gasteiger partial charge in [-0.2, -0.15) is 5.26 Å². The van der Waals surface area contributed by atoms with Crippen molar-refractivity contribution >= 4 is 5.82 Å². The molecule has 2 aromatic rings. The van der Waals surface area contributed by atoms with Crippen molar-refractivity contribution in [2.45, 2.75) is 58.6 Å². The SMILES string of the molecule is CCC(C#N)Oc1cccc(CNc2nc(C)nc3c2CCCC3)c1. The van der Waals surface area contributed by atoms with Crippen LogP contribution < -0.4 is 10.1 Å². The van der Waals surface area contributed by atoms with Gasteiger partial charge in [-0.1, -0.05) is 19.1 Å². The zero-order valence-electron chi connectivity index (χ0n) is 14.9. The smallest absolute Gasteiger partial charge is 0.184 e. The first-order valence-corrected chi connectivity index (χ1v) is 8.95. The quantitative estimate of drug-likeness (QED) is 0.864. The van der Waals surface area contributed by atoms with Crippen LogP contribution in [0.2, 0.25) is 0 Å². The van der Waals surface area contributed by atoms with Gasteiger partial charge in [0.05, 0.1) is 0 Å². The van der Waals surface area contributed by atoms with Crippen LogP contribution in [0, 0.1) is 18.3 Å². The molecule has 1 aromatic heterocycles. The molecule has 1 unspecified atom stereocenters. The average molecular weight is 336 g/mol. The van der Waals surface area contributed by atoms with Gasteiger partial charge in [0.1, 0.15) is 23.5 Å². The summed E-state index contributed by atoms with van der Waals surface area (Å²) in [7, 11) is 0. The molecule has 3 rings (SSSR count). The Morgan fingerprint density at radius 1 is 1.28 bits per heavy atom. The maximum absolute atomic E-state index is 9.05. The number of hydrogen-bond acceptors (Lipinski definition) is 5. The normalized spacial score (nSPS) is 14.3. The van der Waals surface area contributed by atoms with E-state index in [-0.39, 0.29) is 0 Å². The van der Waals surface area contributed by atoms with Gasteiger partial charge >= 0.3 is 0 Å². The largest absolute Gasteiger partial charge is 0.476 e. The highest BCUT2D eigenvalue weighted by molar-refractivity contribution is 5.48. The van der Waals surface area contributed by atoms with Crippen LogP contribution in [0.4, 0.5) is 5.82 Å². The first-order chi connectivity index (χ1) is 12.2. The van der Waals surface area contributed by atoms with Crippen LogP contribution in [0.3, 0.4) is 0 Å². The Labute approximate surface area is 149 Å². The molecular formula is C20H24N4O. The summed E-state index contributed by atoms with van der Waals surface area (Å²) >= 11 is 0. The van der Waals surface area contributed by atoms with Gasteiger partial charge < -0.3 is 10.1 Å². The Kier molecular flexibility index (Phi) is 5.49. The number of nitriles is 1. The average Bonchev–Trinajstić information content (AvgIpc) is 2.64. The minimum absolute atomic E-state index is 0.403. The van der Waals surface area contributed by atoms with Gasteiger partial charge in [-0.25, -0.2) is 9.97 Å². The minimum atomic E-state index is -0.403. The number of fused-ring (bicyclic) bond motifs is 1. The number of aromatic nitrogens is 2. The Morgan fingerprint density at radius 2 is 2.12 bits per heavy atom. The number of anilines is 1. The van der Waals surface area contributed by atoms with Crippen LogP contribution in [-0.4, -0.2) is 16.1 Å². The standard InChI is InChI=1S/C20H24N4O/c1-3-16(12-21)25-17-8-6-7-15(11-17)13-22-20-18-9-4-5-10-19(18)23-14(2)24-20/h6-8,11,16H,3-5,9-10,13H2,1-2H3,(H,22,23,24). The molecule has 0 aliphatic heterocycles. The van der Waals surface area contributed by atoms with Crippen molar-refractivity contribution in [3.05, 3.63) is 46.9 Å². The fourth-order valence-corrected chi connectivity index (χ4v) is 3.14. The zero-order chi connectivity index (χ0) is 17.6. The maximum atomic E-state index is 9.05. The Hall–Kier alpha value is -2.61. The van der Waals surface area contributed by atoms with E-state index in [0.29, 0.717) is 13.0 Å². The second kappa shape index (κ2) is 7.98. The van der Waals surface area contributed by atoms with E-state index in [1.54, 1.807) is 0 Å². The van der Waals surface area contributed by atoms with Gasteiger partial charge in [-0.05, 0) is 56.7 Å². The fourth-order valence-electron chi connectivity index (χ4n) is 3.14. The van der Waals surface area contributed by atoms with Crippen LogP contribution in [0.25, 0.3) is 0 Å². The molecule has 1 aliphatic rings. The summed E-state index contributed by atoms with van der Waals surface area (Å²) in [5, 5.41) is 12.5. The molecule has 130 valence electrons. The van der Waals surface area contributed by atoms with Crippen molar-refractivity contribution < 1.29 is 4.74 Å². The van der Waals surface area contributed by atoms with E-state index in [4.69, 9.17) is 10.00 Å². The second-order valence-corrected chi connectivity index (χ2v) is 6.40. The van der Waals surface area contributed by atoms with E-state index in [2.05, 4.69) is 21.4 Å². The van der Waals surface area contributed by atoms with Crippen molar-refractivity contribution in [1.29, 1.82) is 5.26 Å². The van der Waals surface area contributed by atoms with Crippen molar-refractivity contribution in [3.8, 4) is 11.8 Å². The third kappa shape index (κ3) is 4.27. The molecule has 5 nitrogen and oxygen atoms in total. The highest BCUT2D eigenvalue weighted by atomic mass is 16.5. The summed E-state index contributed by atoms with van der Waals surface area (Å²) in [4.78, 5) is 9.20. The number of nitrogens with one attached hydrogen (secondary N) is 1. The number of ether oxygens (including phenoxy) is 1. The molecule has 0 fully saturated rings. The molecular weight excluding hydrogens is 312 g/mol. The van der Waals surface area contributed by atoms with E-state index >= 15 is 0 Å². The number of nitrogens with zero attached hydrogens (tertiary/aromatic N) is 3. The van der Waals surface area contributed by atoms with E-state index in [9.17, 15) is 0 Å². The molecule has 1 aromatic carbocycles. The lowest BCUT2D eigenvalue weighted by molar-refractivity contribution is 0.251. The summed E-state index contributed by atoms with van der Waals surface area (Å²) in [5.41, 5.74) is 3.56. The fraction of sp³-hybridized carbons (Fsp3) is 0.450. The number of rotatable bonds is 6. The number of benzene rings is 1. The lowest BCUT2D eigenvalue weighted by Gasteiger charge is -2.19. The summed E-state index contributed by atoms with van der Waals surface area (Å²) < 4.78 is 5.70. The monoisotopic (exact) mass is 336 g/mol. The molecule has 1 atom stereocenters. The molecule has 1 N–H and O–H groups in total. The molecule has 0 radical (unpaired) electrons. The molecule has 0 amide bonds. The van der Waals surface area contributed by atoms with E-state index in [0.717, 1.165) is 35.8 Å². The predicted molar refractivity (Wildman–Crippen MR) is 97.5 cm³/mol. The third-order valence-electron chi connectivity index (χ3n) is 4.45. The molecule has 0 saturated heterocycles. The van der Waals surface area contributed by atoms with Crippen LogP contribution in [0.1, 0.15) is 48.8 Å². The Balaban J connectivity index is 1.72. The maximum Gasteiger partial charge on any atom is 0.184 e. The van der Waals surface area contributed by atoms with Crippen LogP contribution >= 0.6 is 0 Å². The van der Waals surface area contributed by atoms with E-state index < -0.39 is 6.10 Å². The molecule has 1 heterocycles. The Bertz CT molecular complexity index is 782. The molecule has 0 saturated carbocycles. The van der Waals surface area contributed by atoms with Gasteiger partial charge in [0, 0.05) is 17.8 Å². The molecule has 1 aliphatic carbocycles. The number of hydrogen-bond donors (Lipinski definition) is 1. The topological polar surface area (TPSA) is 70.8 Å². The molecule has 0 spiro atoms. The summed E-state index contributed by atoms with van der Waals surface area (Å²) in [5.74, 6) is 2.51. The van der Waals surface area contributed by atoms with Gasteiger partial charge in [0.25, 0.3) is 0 Å². The lowest BCUT2D eigenvalue weighted by atomic mass is 9.96. The summed E-state index contributed by atoms with van der Waals surface area (Å²) in [6.45, 7) is 4.56. The van der Waals surface area contributed by atoms with Gasteiger partial charge in [0.15, 0.2) is 6.10 Å². The first kappa shape index (κ1) is 17.2. The van der Waals surface area contributed by atoms with Gasteiger partial charge in [-0.15, -0.1) is 0 Å². The third-order valence-corrected chi connectivity index (χ3v) is 4.45. The van der Waals surface area contributed by atoms with Crippen LogP contribution in [-0.2, 0) is 19.4 Å². The summed E-state index contributed by atoms with van der Waals surface area (Å²) in [6.07, 6.45) is 4.76. The van der Waals surface area contributed by atoms with Crippen LogP contribution in [0.15, 0.2) is 24.3 Å². The van der Waals surface area contributed by atoms with E-state index in [1.807, 2.05) is 38.1 Å².